The quantitative estimate of drug-likeness (QED) is 0.932. The molecule has 2 aliphatic rings. The third-order valence-corrected chi connectivity index (χ3v) is 5.56. The van der Waals surface area contributed by atoms with Crippen molar-refractivity contribution in [3.05, 3.63) is 34.9 Å². The lowest BCUT2D eigenvalue weighted by Gasteiger charge is -2.44. The van der Waals surface area contributed by atoms with Crippen LogP contribution in [0.1, 0.15) is 38.2 Å². The van der Waals surface area contributed by atoms with Gasteiger partial charge in [-0.1, -0.05) is 37.1 Å². The molecule has 1 N–H and O–H groups in total. The molecule has 1 aromatic carbocycles. The van der Waals surface area contributed by atoms with E-state index < -0.39 is 5.41 Å². The summed E-state index contributed by atoms with van der Waals surface area (Å²) in [5.41, 5.74) is 0.616. The van der Waals surface area contributed by atoms with Gasteiger partial charge in [-0.15, -0.1) is 0 Å². The van der Waals surface area contributed by atoms with Crippen LogP contribution in [0.3, 0.4) is 0 Å². The molecule has 1 aliphatic heterocycles. The Kier molecular flexibility index (Phi) is 3.98. The van der Waals surface area contributed by atoms with Gasteiger partial charge in [0, 0.05) is 11.6 Å². The third-order valence-electron chi connectivity index (χ3n) is 5.32. The van der Waals surface area contributed by atoms with Crippen LogP contribution in [-0.4, -0.2) is 35.1 Å². The first-order chi connectivity index (χ1) is 10.1. The van der Waals surface area contributed by atoms with Crippen molar-refractivity contribution in [3.8, 4) is 0 Å². The normalized spacial score (nSPS) is 27.5. The lowest BCUT2D eigenvalue weighted by Crippen LogP contribution is -2.53. The monoisotopic (exact) mass is 307 g/mol. The highest BCUT2D eigenvalue weighted by Gasteiger charge is 2.50. The first-order valence-corrected chi connectivity index (χ1v) is 8.14. The van der Waals surface area contributed by atoms with Gasteiger partial charge in [0.15, 0.2) is 0 Å². The predicted octanol–water partition coefficient (Wildman–Crippen LogP) is 2.99. The molecule has 0 bridgehead atoms. The summed E-state index contributed by atoms with van der Waals surface area (Å²) in [7, 11) is 0. The van der Waals surface area contributed by atoms with E-state index in [1.807, 2.05) is 29.2 Å². The van der Waals surface area contributed by atoms with E-state index in [2.05, 4.69) is 6.92 Å². The number of carbonyl (C=O) groups is 1. The molecule has 2 atom stereocenters. The number of likely N-dealkylation sites (tertiary alicyclic amines) is 1. The van der Waals surface area contributed by atoms with Gasteiger partial charge >= 0.3 is 0 Å². The summed E-state index contributed by atoms with van der Waals surface area (Å²) >= 11 is 6.11. The van der Waals surface area contributed by atoms with Crippen molar-refractivity contribution in [1.29, 1.82) is 0 Å². The molecular weight excluding hydrogens is 286 g/mol. The van der Waals surface area contributed by atoms with Crippen LogP contribution in [0, 0.1) is 5.92 Å². The molecule has 1 saturated carbocycles. The second kappa shape index (κ2) is 5.62. The Morgan fingerprint density at radius 1 is 1.48 bits per heavy atom. The number of halogens is 1. The summed E-state index contributed by atoms with van der Waals surface area (Å²) < 4.78 is 0. The summed E-state index contributed by atoms with van der Waals surface area (Å²) in [6, 6.07) is 7.66. The second-order valence-corrected chi connectivity index (χ2v) is 6.90. The van der Waals surface area contributed by atoms with Crippen molar-refractivity contribution in [2.75, 3.05) is 13.2 Å². The first kappa shape index (κ1) is 14.9. The predicted molar refractivity (Wildman–Crippen MR) is 83.3 cm³/mol. The molecule has 4 heteroatoms. The zero-order valence-electron chi connectivity index (χ0n) is 12.4. The van der Waals surface area contributed by atoms with Gasteiger partial charge in [-0.25, -0.2) is 0 Å². The Balaban J connectivity index is 1.91. The first-order valence-electron chi connectivity index (χ1n) is 7.76. The largest absolute Gasteiger partial charge is 0.394 e. The van der Waals surface area contributed by atoms with Crippen LogP contribution in [0.5, 0.6) is 0 Å². The number of amides is 1. The van der Waals surface area contributed by atoms with Gasteiger partial charge < -0.3 is 10.0 Å². The Morgan fingerprint density at radius 2 is 2.24 bits per heavy atom. The van der Waals surface area contributed by atoms with Crippen LogP contribution in [0.2, 0.25) is 5.02 Å². The maximum Gasteiger partial charge on any atom is 0.233 e. The van der Waals surface area contributed by atoms with Gasteiger partial charge in [0.05, 0.1) is 18.1 Å². The van der Waals surface area contributed by atoms with E-state index in [-0.39, 0.29) is 18.6 Å². The minimum absolute atomic E-state index is 0.0332. The summed E-state index contributed by atoms with van der Waals surface area (Å²) in [5.74, 6) is 0.551. The maximum atomic E-state index is 13.1. The molecule has 1 aromatic rings. The fourth-order valence-corrected chi connectivity index (χ4v) is 3.95. The Morgan fingerprint density at radius 3 is 2.81 bits per heavy atom. The standard InChI is InChI=1S/C17H22ClNO2/c1-12-6-9-19(15(12)11-20)16(21)17(7-3-8-17)13-4-2-5-14(18)10-13/h2,4-5,10,12,15,20H,3,6-9,11H2,1H3. The molecule has 1 amide bonds. The number of aliphatic hydroxyl groups excluding tert-OH is 1. The lowest BCUT2D eigenvalue weighted by molar-refractivity contribution is -0.143. The molecule has 1 saturated heterocycles. The summed E-state index contributed by atoms with van der Waals surface area (Å²) in [5, 5.41) is 10.3. The molecule has 0 radical (unpaired) electrons. The second-order valence-electron chi connectivity index (χ2n) is 6.46. The molecule has 21 heavy (non-hydrogen) atoms. The van der Waals surface area contributed by atoms with Gasteiger partial charge in [-0.3, -0.25) is 4.79 Å². The highest BCUT2D eigenvalue weighted by molar-refractivity contribution is 6.30. The number of nitrogens with zero attached hydrogens (tertiary/aromatic N) is 1. The topological polar surface area (TPSA) is 40.5 Å². The fourth-order valence-electron chi connectivity index (χ4n) is 3.76. The van der Waals surface area contributed by atoms with Crippen LogP contribution in [0.15, 0.2) is 24.3 Å². The highest BCUT2D eigenvalue weighted by Crippen LogP contribution is 2.47. The smallest absolute Gasteiger partial charge is 0.233 e. The molecular formula is C17H22ClNO2. The van der Waals surface area contributed by atoms with Crippen molar-refractivity contribution in [2.24, 2.45) is 5.92 Å². The van der Waals surface area contributed by atoms with Gasteiger partial charge in [0.1, 0.15) is 0 Å². The molecule has 114 valence electrons. The van der Waals surface area contributed by atoms with Gasteiger partial charge in [0.25, 0.3) is 0 Å². The van der Waals surface area contributed by atoms with E-state index in [0.29, 0.717) is 10.9 Å². The van der Waals surface area contributed by atoms with Crippen molar-refractivity contribution >= 4 is 17.5 Å². The van der Waals surface area contributed by atoms with E-state index in [1.54, 1.807) is 0 Å². The summed E-state index contributed by atoms with van der Waals surface area (Å²) in [4.78, 5) is 15.1. The Hall–Kier alpha value is -1.06. The number of rotatable bonds is 3. The zero-order chi connectivity index (χ0) is 15.0. The third kappa shape index (κ3) is 2.36. The van der Waals surface area contributed by atoms with Crippen LogP contribution in [-0.2, 0) is 10.2 Å². The zero-order valence-corrected chi connectivity index (χ0v) is 13.1. The van der Waals surface area contributed by atoms with E-state index in [0.717, 1.165) is 37.8 Å². The number of aliphatic hydroxyl groups is 1. The summed E-state index contributed by atoms with van der Waals surface area (Å²) in [6.45, 7) is 2.92. The van der Waals surface area contributed by atoms with Gasteiger partial charge in [0.2, 0.25) is 5.91 Å². The molecule has 3 rings (SSSR count). The Bertz CT molecular complexity index is 541. The molecule has 1 heterocycles. The minimum atomic E-state index is -0.414. The Labute approximate surface area is 130 Å². The highest BCUT2D eigenvalue weighted by atomic mass is 35.5. The maximum absolute atomic E-state index is 13.1. The number of hydrogen-bond acceptors (Lipinski definition) is 2. The van der Waals surface area contributed by atoms with Crippen molar-refractivity contribution in [1.82, 2.24) is 4.90 Å². The molecule has 0 aromatic heterocycles. The average molecular weight is 308 g/mol. The van der Waals surface area contributed by atoms with E-state index >= 15 is 0 Å². The molecule has 2 fully saturated rings. The van der Waals surface area contributed by atoms with Gasteiger partial charge in [-0.05, 0) is 42.9 Å². The number of hydrogen-bond donors (Lipinski definition) is 1. The van der Waals surface area contributed by atoms with Crippen molar-refractivity contribution < 1.29 is 9.90 Å². The molecule has 1 aliphatic carbocycles. The van der Waals surface area contributed by atoms with Crippen LogP contribution >= 0.6 is 11.6 Å². The van der Waals surface area contributed by atoms with E-state index in [1.165, 1.54) is 0 Å². The minimum Gasteiger partial charge on any atom is -0.394 e. The van der Waals surface area contributed by atoms with Crippen LogP contribution in [0.4, 0.5) is 0 Å². The van der Waals surface area contributed by atoms with Gasteiger partial charge in [-0.2, -0.15) is 0 Å². The molecule has 2 unspecified atom stereocenters. The van der Waals surface area contributed by atoms with Crippen LogP contribution in [0.25, 0.3) is 0 Å². The lowest BCUT2D eigenvalue weighted by atomic mass is 9.63. The van der Waals surface area contributed by atoms with Crippen molar-refractivity contribution in [2.45, 2.75) is 44.1 Å². The van der Waals surface area contributed by atoms with E-state index in [9.17, 15) is 9.90 Å². The van der Waals surface area contributed by atoms with E-state index in [4.69, 9.17) is 11.6 Å². The number of benzene rings is 1. The average Bonchev–Trinajstić information content (AvgIpc) is 2.78. The molecule has 0 spiro atoms. The fraction of sp³-hybridized carbons (Fsp3) is 0.588. The number of carbonyl (C=O) groups excluding carboxylic acids is 1. The van der Waals surface area contributed by atoms with Crippen molar-refractivity contribution in [3.63, 3.8) is 0 Å². The SMILES string of the molecule is CC1CCN(C(=O)C2(c3cccc(Cl)c3)CCC2)C1CO. The summed E-state index contributed by atoms with van der Waals surface area (Å²) in [6.07, 6.45) is 3.82. The van der Waals surface area contributed by atoms with Crippen LogP contribution < -0.4 is 0 Å². The molecule has 3 nitrogen and oxygen atoms in total.